The van der Waals surface area contributed by atoms with Gasteiger partial charge in [-0.25, -0.2) is 4.79 Å². The van der Waals surface area contributed by atoms with E-state index in [9.17, 15) is 9.59 Å². The molecular weight excluding hydrogens is 230 g/mol. The summed E-state index contributed by atoms with van der Waals surface area (Å²) in [5.74, 6) is 0.168. The minimum Gasteiger partial charge on any atom is -0.465 e. The van der Waals surface area contributed by atoms with Crippen LogP contribution in [0.1, 0.15) is 30.1 Å². The van der Waals surface area contributed by atoms with Gasteiger partial charge in [0.2, 0.25) is 5.91 Å². The lowest BCUT2D eigenvalue weighted by Gasteiger charge is -2.11. The molecule has 1 aromatic rings. The van der Waals surface area contributed by atoms with Gasteiger partial charge in [-0.2, -0.15) is 0 Å². The van der Waals surface area contributed by atoms with Crippen LogP contribution in [0.5, 0.6) is 0 Å². The Labute approximate surface area is 106 Å². The molecule has 1 saturated carbocycles. The van der Waals surface area contributed by atoms with E-state index in [0.717, 1.165) is 12.8 Å². The molecule has 1 fully saturated rings. The number of hydrogen-bond acceptors (Lipinski definition) is 3. The number of esters is 1. The summed E-state index contributed by atoms with van der Waals surface area (Å²) in [5.41, 5.74) is 1.07. The third kappa shape index (κ3) is 2.88. The number of benzene rings is 1. The molecule has 4 nitrogen and oxygen atoms in total. The zero-order chi connectivity index (χ0) is 13.1. The van der Waals surface area contributed by atoms with E-state index in [0.29, 0.717) is 17.2 Å². The maximum Gasteiger partial charge on any atom is 0.337 e. The molecule has 1 amide bonds. The van der Waals surface area contributed by atoms with Gasteiger partial charge in [0.1, 0.15) is 0 Å². The number of nitrogens with one attached hydrogen (secondary N) is 1. The van der Waals surface area contributed by atoms with Gasteiger partial charge in [0.25, 0.3) is 0 Å². The number of rotatable bonds is 4. The maximum atomic E-state index is 11.9. The standard InChI is InChI=1S/C14H17NO3/c1-9(10-6-7-10)13(16)15-12-5-3-4-11(8-12)14(17)18-2/h3-5,8-10H,6-7H2,1-2H3,(H,15,16). The first-order chi connectivity index (χ1) is 8.61. The molecule has 0 heterocycles. The van der Waals surface area contributed by atoms with Crippen LogP contribution in [0.4, 0.5) is 5.69 Å². The van der Waals surface area contributed by atoms with Crippen molar-refractivity contribution >= 4 is 17.6 Å². The molecule has 18 heavy (non-hydrogen) atoms. The van der Waals surface area contributed by atoms with Gasteiger partial charge in [-0.3, -0.25) is 4.79 Å². The van der Waals surface area contributed by atoms with Gasteiger partial charge in [0, 0.05) is 11.6 Å². The summed E-state index contributed by atoms with van der Waals surface area (Å²) in [6.07, 6.45) is 2.27. The van der Waals surface area contributed by atoms with Crippen LogP contribution in [-0.4, -0.2) is 19.0 Å². The number of amides is 1. The third-order valence-corrected chi connectivity index (χ3v) is 3.29. The van der Waals surface area contributed by atoms with Crippen LogP contribution in [0, 0.1) is 11.8 Å². The highest BCUT2D eigenvalue weighted by Gasteiger charge is 2.32. The Morgan fingerprint density at radius 2 is 2.11 bits per heavy atom. The molecule has 1 aliphatic rings. The van der Waals surface area contributed by atoms with Crippen molar-refractivity contribution < 1.29 is 14.3 Å². The first-order valence-electron chi connectivity index (χ1n) is 6.11. The lowest BCUT2D eigenvalue weighted by molar-refractivity contribution is -0.119. The summed E-state index contributed by atoms with van der Waals surface area (Å²) < 4.78 is 4.64. The van der Waals surface area contributed by atoms with Crippen LogP contribution in [0.2, 0.25) is 0 Å². The van der Waals surface area contributed by atoms with Gasteiger partial charge in [0.05, 0.1) is 12.7 Å². The third-order valence-electron chi connectivity index (χ3n) is 3.29. The van der Waals surface area contributed by atoms with E-state index in [-0.39, 0.29) is 11.8 Å². The molecule has 1 aromatic carbocycles. The van der Waals surface area contributed by atoms with Crippen molar-refractivity contribution in [1.82, 2.24) is 0 Å². The predicted molar refractivity (Wildman–Crippen MR) is 68.3 cm³/mol. The maximum absolute atomic E-state index is 11.9. The number of hydrogen-bond donors (Lipinski definition) is 1. The normalized spacial score (nSPS) is 15.9. The van der Waals surface area contributed by atoms with Crippen LogP contribution in [-0.2, 0) is 9.53 Å². The molecule has 0 spiro atoms. The van der Waals surface area contributed by atoms with Gasteiger partial charge in [-0.1, -0.05) is 13.0 Å². The van der Waals surface area contributed by atoms with E-state index >= 15 is 0 Å². The molecule has 0 radical (unpaired) electrons. The van der Waals surface area contributed by atoms with Crippen molar-refractivity contribution in [2.75, 3.05) is 12.4 Å². The quantitative estimate of drug-likeness (QED) is 0.831. The zero-order valence-electron chi connectivity index (χ0n) is 10.6. The predicted octanol–water partition coefficient (Wildman–Crippen LogP) is 2.46. The van der Waals surface area contributed by atoms with Crippen LogP contribution in [0.25, 0.3) is 0 Å². The SMILES string of the molecule is COC(=O)c1cccc(NC(=O)C(C)C2CC2)c1. The highest BCUT2D eigenvalue weighted by molar-refractivity contribution is 5.95. The molecule has 4 heteroatoms. The van der Waals surface area contributed by atoms with Crippen LogP contribution >= 0.6 is 0 Å². The van der Waals surface area contributed by atoms with Gasteiger partial charge in [-0.15, -0.1) is 0 Å². The molecule has 1 unspecified atom stereocenters. The van der Waals surface area contributed by atoms with Crippen molar-refractivity contribution in [1.29, 1.82) is 0 Å². The van der Waals surface area contributed by atoms with Crippen LogP contribution < -0.4 is 5.32 Å². The van der Waals surface area contributed by atoms with Gasteiger partial charge in [-0.05, 0) is 37.0 Å². The number of anilines is 1. The highest BCUT2D eigenvalue weighted by Crippen LogP contribution is 2.37. The molecule has 0 aromatic heterocycles. The lowest BCUT2D eigenvalue weighted by atomic mass is 10.1. The summed E-state index contributed by atoms with van der Waals surface area (Å²) in [6, 6.07) is 6.78. The fourth-order valence-corrected chi connectivity index (χ4v) is 1.91. The molecule has 0 aliphatic heterocycles. The number of carbonyl (C=O) groups excluding carboxylic acids is 2. The Bertz CT molecular complexity index is 466. The Balaban J connectivity index is 2.04. The van der Waals surface area contributed by atoms with E-state index in [1.807, 2.05) is 6.92 Å². The minimum absolute atomic E-state index is 0.0134. The molecule has 96 valence electrons. The number of methoxy groups -OCH3 is 1. The Hall–Kier alpha value is -1.84. The van der Waals surface area contributed by atoms with Crippen molar-refractivity contribution in [2.45, 2.75) is 19.8 Å². The van der Waals surface area contributed by atoms with E-state index in [4.69, 9.17) is 0 Å². The van der Waals surface area contributed by atoms with Crippen LogP contribution in [0.3, 0.4) is 0 Å². The molecule has 1 N–H and O–H groups in total. The van der Waals surface area contributed by atoms with Gasteiger partial charge < -0.3 is 10.1 Å². The first kappa shape index (κ1) is 12.6. The Kier molecular flexibility index (Phi) is 3.65. The smallest absolute Gasteiger partial charge is 0.337 e. The van der Waals surface area contributed by atoms with E-state index in [2.05, 4.69) is 10.1 Å². The summed E-state index contributed by atoms with van der Waals surface area (Å²) >= 11 is 0. The lowest BCUT2D eigenvalue weighted by Crippen LogP contribution is -2.21. The zero-order valence-corrected chi connectivity index (χ0v) is 10.6. The van der Waals surface area contributed by atoms with E-state index in [1.165, 1.54) is 7.11 Å². The molecule has 1 aliphatic carbocycles. The second-order valence-corrected chi connectivity index (χ2v) is 4.69. The fraction of sp³-hybridized carbons (Fsp3) is 0.429. The molecule has 0 saturated heterocycles. The number of ether oxygens (including phenoxy) is 1. The summed E-state index contributed by atoms with van der Waals surface area (Å²) in [7, 11) is 1.34. The first-order valence-corrected chi connectivity index (χ1v) is 6.11. The Morgan fingerprint density at radius 1 is 1.39 bits per heavy atom. The molecule has 0 bridgehead atoms. The van der Waals surface area contributed by atoms with E-state index in [1.54, 1.807) is 24.3 Å². The largest absolute Gasteiger partial charge is 0.465 e. The summed E-state index contributed by atoms with van der Waals surface area (Å²) in [4.78, 5) is 23.3. The summed E-state index contributed by atoms with van der Waals surface area (Å²) in [6.45, 7) is 1.94. The molecule has 1 atom stereocenters. The topological polar surface area (TPSA) is 55.4 Å². The van der Waals surface area contributed by atoms with Crippen LogP contribution in [0.15, 0.2) is 24.3 Å². The van der Waals surface area contributed by atoms with Gasteiger partial charge in [0.15, 0.2) is 0 Å². The molecular formula is C14H17NO3. The van der Waals surface area contributed by atoms with E-state index < -0.39 is 5.97 Å². The van der Waals surface area contributed by atoms with Crippen molar-refractivity contribution in [3.63, 3.8) is 0 Å². The van der Waals surface area contributed by atoms with Crippen molar-refractivity contribution in [3.8, 4) is 0 Å². The second kappa shape index (κ2) is 5.21. The monoisotopic (exact) mass is 247 g/mol. The second-order valence-electron chi connectivity index (χ2n) is 4.69. The average Bonchev–Trinajstić information content (AvgIpc) is 3.21. The summed E-state index contributed by atoms with van der Waals surface area (Å²) in [5, 5.41) is 2.84. The van der Waals surface area contributed by atoms with Crippen molar-refractivity contribution in [2.24, 2.45) is 11.8 Å². The minimum atomic E-state index is -0.402. The number of carbonyl (C=O) groups is 2. The van der Waals surface area contributed by atoms with Gasteiger partial charge >= 0.3 is 5.97 Å². The fourth-order valence-electron chi connectivity index (χ4n) is 1.91. The average molecular weight is 247 g/mol. The van der Waals surface area contributed by atoms with Crippen molar-refractivity contribution in [3.05, 3.63) is 29.8 Å². The highest BCUT2D eigenvalue weighted by atomic mass is 16.5. The molecule has 2 rings (SSSR count). The Morgan fingerprint density at radius 3 is 2.72 bits per heavy atom.